The maximum Gasteiger partial charge on any atom is 0.414 e. The number of carbonyl (C=O) groups is 1. The van der Waals surface area contributed by atoms with Crippen molar-refractivity contribution in [3.8, 4) is 0 Å². The van der Waals surface area contributed by atoms with Crippen LogP contribution in [0.1, 0.15) is 27.2 Å². The molecule has 1 aliphatic rings. The Labute approximate surface area is 144 Å². The number of hydrogen-bond donors (Lipinski definition) is 1. The molecule has 0 radical (unpaired) electrons. The molecule has 0 spiro atoms. The molecule has 0 saturated heterocycles. The van der Waals surface area contributed by atoms with Crippen LogP contribution in [-0.2, 0) is 4.74 Å². The van der Waals surface area contributed by atoms with Crippen molar-refractivity contribution in [1.82, 2.24) is 5.32 Å². The van der Waals surface area contributed by atoms with E-state index in [-0.39, 0.29) is 12.1 Å². The average molecular weight is 326 g/mol. The summed E-state index contributed by atoms with van der Waals surface area (Å²) < 4.78 is 5.22. The summed E-state index contributed by atoms with van der Waals surface area (Å²) in [6.45, 7) is 7.01. The molecule has 0 heterocycles. The monoisotopic (exact) mass is 326 g/mol. The lowest BCUT2D eigenvalue weighted by Crippen LogP contribution is -2.40. The molecule has 128 valence electrons. The number of ether oxygens (including phenoxy) is 1. The summed E-state index contributed by atoms with van der Waals surface area (Å²) in [6, 6.07) is 10.2. The minimum absolute atomic E-state index is 0.153. The van der Waals surface area contributed by atoms with Gasteiger partial charge in [-0.25, -0.2) is 4.79 Å². The fourth-order valence-electron chi connectivity index (χ4n) is 2.69. The highest BCUT2D eigenvalue weighted by atomic mass is 16.6. The molecular weight excluding hydrogens is 300 g/mol. The third kappa shape index (κ3) is 5.12. The minimum atomic E-state index is -0.307. The van der Waals surface area contributed by atoms with Gasteiger partial charge in [0.15, 0.2) is 0 Å². The maximum absolute atomic E-state index is 12.3. The number of carbonyl (C=O) groups excluding carboxylic acids is 1. The van der Waals surface area contributed by atoms with E-state index in [1.54, 1.807) is 4.90 Å². The second-order valence-electron chi connectivity index (χ2n) is 5.97. The number of benzene rings is 1. The van der Waals surface area contributed by atoms with Crippen molar-refractivity contribution in [2.24, 2.45) is 0 Å². The third-order valence-electron chi connectivity index (χ3n) is 3.73. The van der Waals surface area contributed by atoms with Crippen LogP contribution in [-0.4, -0.2) is 31.3 Å². The van der Waals surface area contributed by atoms with Crippen molar-refractivity contribution in [3.63, 3.8) is 0 Å². The first-order chi connectivity index (χ1) is 11.6. The van der Waals surface area contributed by atoms with Gasteiger partial charge in [-0.05, 0) is 37.6 Å². The van der Waals surface area contributed by atoms with Crippen LogP contribution in [0.15, 0.2) is 59.9 Å². The van der Waals surface area contributed by atoms with E-state index < -0.39 is 0 Å². The zero-order valence-corrected chi connectivity index (χ0v) is 14.7. The first kappa shape index (κ1) is 18.1. The van der Waals surface area contributed by atoms with Crippen LogP contribution >= 0.6 is 0 Å². The molecule has 0 saturated carbocycles. The fourth-order valence-corrected chi connectivity index (χ4v) is 2.69. The summed E-state index contributed by atoms with van der Waals surface area (Å²) in [5.74, 6) is 0. The van der Waals surface area contributed by atoms with Crippen molar-refractivity contribution in [2.75, 3.05) is 18.1 Å². The van der Waals surface area contributed by atoms with Crippen LogP contribution in [0.25, 0.3) is 0 Å². The largest absolute Gasteiger partial charge is 0.449 e. The summed E-state index contributed by atoms with van der Waals surface area (Å²) in [5.41, 5.74) is 5.24. The molecule has 2 rings (SSSR count). The number of rotatable bonds is 8. The molecule has 24 heavy (non-hydrogen) atoms. The molecule has 0 bridgehead atoms. The second kappa shape index (κ2) is 9.11. The number of hydrogen-bond acceptors (Lipinski definition) is 3. The lowest BCUT2D eigenvalue weighted by molar-refractivity contribution is 0.159. The highest BCUT2D eigenvalue weighted by molar-refractivity contribution is 5.87. The Bertz CT molecular complexity index is 628. The zero-order chi connectivity index (χ0) is 17.4. The summed E-state index contributed by atoms with van der Waals surface area (Å²) in [7, 11) is 0. The van der Waals surface area contributed by atoms with Crippen LogP contribution in [0.4, 0.5) is 10.5 Å². The molecule has 0 fully saturated rings. The molecule has 1 atom stereocenters. The predicted octanol–water partition coefficient (Wildman–Crippen LogP) is 4.06. The molecule has 1 unspecified atom stereocenters. The third-order valence-corrected chi connectivity index (χ3v) is 3.73. The predicted molar refractivity (Wildman–Crippen MR) is 98.2 cm³/mol. The lowest BCUT2D eigenvalue weighted by Gasteiger charge is -2.26. The van der Waals surface area contributed by atoms with Gasteiger partial charge in [0.25, 0.3) is 0 Å². The Morgan fingerprint density at radius 3 is 2.62 bits per heavy atom. The molecule has 1 amide bonds. The SMILES string of the molecule is CCOC(=O)N(CCC(NC(C)C)C1=C=CC=C1)c1ccccc1. The van der Waals surface area contributed by atoms with E-state index in [0.29, 0.717) is 19.2 Å². The van der Waals surface area contributed by atoms with Gasteiger partial charge in [0.2, 0.25) is 0 Å². The van der Waals surface area contributed by atoms with E-state index in [4.69, 9.17) is 4.74 Å². The van der Waals surface area contributed by atoms with Crippen molar-refractivity contribution in [3.05, 3.63) is 59.9 Å². The Hall–Kier alpha value is -2.29. The summed E-state index contributed by atoms with van der Waals surface area (Å²) in [6.07, 6.45) is 6.46. The average Bonchev–Trinajstić information content (AvgIpc) is 3.09. The van der Waals surface area contributed by atoms with E-state index in [1.807, 2.05) is 49.4 Å². The first-order valence-corrected chi connectivity index (χ1v) is 8.50. The molecule has 0 aromatic heterocycles. The van der Waals surface area contributed by atoms with Gasteiger partial charge < -0.3 is 10.1 Å². The number of para-hydroxylation sites is 1. The van der Waals surface area contributed by atoms with Gasteiger partial charge in [0.05, 0.1) is 6.61 Å². The van der Waals surface area contributed by atoms with E-state index in [9.17, 15) is 4.79 Å². The number of amides is 1. The standard InChI is InChI=1S/C20H26N2O2/c1-4-24-20(23)22(18-12-6-5-7-13-18)15-14-19(21-16(2)3)17-10-8-9-11-17/h5-10,12-13,16,19,21H,4,14-15H2,1-3H3. The van der Waals surface area contributed by atoms with Crippen LogP contribution in [0.5, 0.6) is 0 Å². The van der Waals surface area contributed by atoms with Crippen molar-refractivity contribution in [2.45, 2.75) is 39.3 Å². The van der Waals surface area contributed by atoms with Gasteiger partial charge in [-0.2, -0.15) is 0 Å². The highest BCUT2D eigenvalue weighted by Gasteiger charge is 2.21. The molecule has 4 nitrogen and oxygen atoms in total. The van der Waals surface area contributed by atoms with Crippen LogP contribution in [0.3, 0.4) is 0 Å². The highest BCUT2D eigenvalue weighted by Crippen LogP contribution is 2.18. The smallest absolute Gasteiger partial charge is 0.414 e. The Kier molecular flexibility index (Phi) is 6.86. The topological polar surface area (TPSA) is 41.6 Å². The minimum Gasteiger partial charge on any atom is -0.449 e. The zero-order valence-electron chi connectivity index (χ0n) is 14.7. The first-order valence-electron chi connectivity index (χ1n) is 8.50. The van der Waals surface area contributed by atoms with Gasteiger partial charge in [0.1, 0.15) is 0 Å². The fraction of sp³-hybridized carbons (Fsp3) is 0.400. The molecule has 0 aliphatic heterocycles. The molecular formula is C20H26N2O2. The molecule has 1 N–H and O–H groups in total. The molecule has 1 aromatic rings. The Morgan fingerprint density at radius 2 is 2.04 bits per heavy atom. The van der Waals surface area contributed by atoms with Crippen molar-refractivity contribution >= 4 is 11.8 Å². The van der Waals surface area contributed by atoms with E-state index in [2.05, 4.69) is 31.0 Å². The molecule has 1 aliphatic carbocycles. The van der Waals surface area contributed by atoms with Crippen LogP contribution in [0.2, 0.25) is 0 Å². The van der Waals surface area contributed by atoms with Gasteiger partial charge in [-0.3, -0.25) is 4.90 Å². The van der Waals surface area contributed by atoms with E-state index in [1.165, 1.54) is 0 Å². The number of nitrogens with one attached hydrogen (secondary N) is 1. The second-order valence-corrected chi connectivity index (χ2v) is 5.97. The van der Waals surface area contributed by atoms with Gasteiger partial charge >= 0.3 is 6.09 Å². The summed E-state index contributed by atoms with van der Waals surface area (Å²) in [5, 5.41) is 3.55. The van der Waals surface area contributed by atoms with E-state index >= 15 is 0 Å². The molecule has 4 heteroatoms. The van der Waals surface area contributed by atoms with Gasteiger partial charge in [-0.15, -0.1) is 5.73 Å². The van der Waals surface area contributed by atoms with Gasteiger partial charge in [-0.1, -0.05) is 38.1 Å². The Morgan fingerprint density at radius 1 is 1.29 bits per heavy atom. The van der Waals surface area contributed by atoms with E-state index in [0.717, 1.165) is 17.7 Å². The van der Waals surface area contributed by atoms with Crippen LogP contribution in [0, 0.1) is 0 Å². The summed E-state index contributed by atoms with van der Waals surface area (Å²) in [4.78, 5) is 14.0. The normalized spacial score (nSPS) is 13.9. The number of allylic oxidation sites excluding steroid dienone is 1. The molecule has 1 aromatic carbocycles. The quantitative estimate of drug-likeness (QED) is 0.733. The number of nitrogens with zero attached hydrogens (tertiary/aromatic N) is 1. The maximum atomic E-state index is 12.3. The number of anilines is 1. The Balaban J connectivity index is 2.11. The van der Waals surface area contributed by atoms with Gasteiger partial charge in [0, 0.05) is 29.9 Å². The summed E-state index contributed by atoms with van der Waals surface area (Å²) >= 11 is 0. The lowest BCUT2D eigenvalue weighted by atomic mass is 10.0. The van der Waals surface area contributed by atoms with Crippen LogP contribution < -0.4 is 10.2 Å². The van der Waals surface area contributed by atoms with Crippen molar-refractivity contribution in [1.29, 1.82) is 0 Å². The van der Waals surface area contributed by atoms with Crippen molar-refractivity contribution < 1.29 is 9.53 Å².